The normalized spacial score (nSPS) is 11.7. The van der Waals surface area contributed by atoms with Gasteiger partial charge in [0.25, 0.3) is 10.1 Å². The van der Waals surface area contributed by atoms with Crippen molar-refractivity contribution in [2.45, 2.75) is 18.0 Å². The van der Waals surface area contributed by atoms with E-state index in [0.29, 0.717) is 0 Å². The van der Waals surface area contributed by atoms with Gasteiger partial charge in [0.1, 0.15) is 0 Å². The van der Waals surface area contributed by atoms with Crippen molar-refractivity contribution in [2.75, 3.05) is 28.4 Å². The van der Waals surface area contributed by atoms with Crippen LogP contribution in [-0.2, 0) is 29.1 Å². The first-order valence-corrected chi connectivity index (χ1v) is 6.93. The number of hydrogen-bond donors (Lipinski definition) is 1. The van der Waals surface area contributed by atoms with Crippen LogP contribution >= 0.6 is 0 Å². The molecule has 0 bridgehead atoms. The Kier molecular flexibility index (Phi) is 7.87. The molecule has 0 atom stereocenters. The Labute approximate surface area is 119 Å². The molecule has 0 amide bonds. The quantitative estimate of drug-likeness (QED) is 0.649. The third-order valence-electron chi connectivity index (χ3n) is 2.32. The van der Waals surface area contributed by atoms with E-state index < -0.39 is 16.3 Å². The Hall–Kier alpha value is -1.03. The second kappa shape index (κ2) is 8.30. The fourth-order valence-corrected chi connectivity index (χ4v) is 1.69. The van der Waals surface area contributed by atoms with Gasteiger partial charge in [-0.1, -0.05) is 17.7 Å². The smallest absolute Gasteiger partial charge is 0.307 e. The minimum absolute atomic E-state index is 0.0666. The zero-order chi connectivity index (χ0) is 15.8. The van der Waals surface area contributed by atoms with Gasteiger partial charge in [-0.15, -0.1) is 0 Å². The minimum Gasteiger partial charge on any atom is -0.307 e. The predicted molar refractivity (Wildman–Crippen MR) is 71.8 cm³/mol. The molecule has 0 saturated heterocycles. The molecule has 116 valence electrons. The molecule has 7 nitrogen and oxygen atoms in total. The molecule has 0 spiro atoms. The lowest BCUT2D eigenvalue weighted by atomic mass is 10.2. The highest BCUT2D eigenvalue weighted by Crippen LogP contribution is 2.11. The zero-order valence-electron chi connectivity index (χ0n) is 12.1. The van der Waals surface area contributed by atoms with Crippen molar-refractivity contribution in [3.63, 3.8) is 0 Å². The predicted octanol–water partition coefficient (Wildman–Crippen LogP) is 1.43. The average Bonchev–Trinajstić information content (AvgIpc) is 2.42. The summed E-state index contributed by atoms with van der Waals surface area (Å²) in [7, 11) is 1.69. The van der Waals surface area contributed by atoms with Crippen molar-refractivity contribution in [3.8, 4) is 0 Å². The fraction of sp³-hybridized carbons (Fsp3) is 0.500. The van der Waals surface area contributed by atoms with E-state index in [4.69, 9.17) is 23.5 Å². The highest BCUT2D eigenvalue weighted by molar-refractivity contribution is 7.85. The maximum atomic E-state index is 10.5. The first-order valence-electron chi connectivity index (χ1n) is 5.49. The Morgan fingerprint density at radius 3 is 1.45 bits per heavy atom. The van der Waals surface area contributed by atoms with Crippen LogP contribution in [0.4, 0.5) is 0 Å². The highest BCUT2D eigenvalue weighted by Gasteiger charge is 2.28. The lowest BCUT2D eigenvalue weighted by Crippen LogP contribution is -2.37. The molecule has 1 rings (SSSR count). The third-order valence-corrected chi connectivity index (χ3v) is 3.19. The van der Waals surface area contributed by atoms with E-state index in [-0.39, 0.29) is 4.90 Å². The van der Waals surface area contributed by atoms with Crippen molar-refractivity contribution < 1.29 is 31.9 Å². The SMILES string of the molecule is COC(OC)(OC)OC.Cc1ccc(S(=O)(=O)O)cc1. The van der Waals surface area contributed by atoms with Crippen molar-refractivity contribution >= 4 is 10.1 Å². The van der Waals surface area contributed by atoms with E-state index in [2.05, 4.69) is 0 Å². The number of benzene rings is 1. The maximum Gasteiger partial charge on any atom is 0.411 e. The largest absolute Gasteiger partial charge is 0.411 e. The molecule has 0 aliphatic carbocycles. The maximum absolute atomic E-state index is 10.5. The van der Waals surface area contributed by atoms with Crippen LogP contribution in [0.5, 0.6) is 0 Å². The topological polar surface area (TPSA) is 91.3 Å². The second-order valence-electron chi connectivity index (χ2n) is 3.60. The zero-order valence-corrected chi connectivity index (χ0v) is 12.9. The van der Waals surface area contributed by atoms with Crippen LogP contribution in [-0.4, -0.2) is 47.6 Å². The molecule has 20 heavy (non-hydrogen) atoms. The molecule has 0 heterocycles. The number of ether oxygens (including phenoxy) is 4. The molecule has 1 aromatic rings. The van der Waals surface area contributed by atoms with Crippen molar-refractivity contribution in [1.29, 1.82) is 0 Å². The van der Waals surface area contributed by atoms with Gasteiger partial charge in [0.15, 0.2) is 0 Å². The van der Waals surface area contributed by atoms with Crippen LogP contribution in [0.1, 0.15) is 5.56 Å². The molecular formula is C12H20O7S. The summed E-state index contributed by atoms with van der Waals surface area (Å²) < 4.78 is 48.4. The van der Waals surface area contributed by atoms with Crippen LogP contribution in [0.25, 0.3) is 0 Å². The summed E-state index contributed by atoms with van der Waals surface area (Å²) in [6.45, 7) is 1.84. The summed E-state index contributed by atoms with van der Waals surface area (Å²) in [6, 6.07) is 5.99. The van der Waals surface area contributed by atoms with Gasteiger partial charge in [-0.3, -0.25) is 4.55 Å². The third kappa shape index (κ3) is 5.95. The Morgan fingerprint density at radius 1 is 0.900 bits per heavy atom. The van der Waals surface area contributed by atoms with E-state index in [0.717, 1.165) is 5.56 Å². The Bertz CT molecular complexity index is 460. The first-order chi connectivity index (χ1) is 9.24. The summed E-state index contributed by atoms with van der Waals surface area (Å²) in [5.41, 5.74) is 0.956. The Morgan fingerprint density at radius 2 is 1.25 bits per heavy atom. The standard InChI is InChI=1S/C7H8O3S.C5H12O4/c1-6-2-4-7(5-3-6)11(8,9)10;1-6-5(7-2,8-3)9-4/h2-5H,1H3,(H,8,9,10);1-4H3. The number of rotatable bonds is 5. The van der Waals surface area contributed by atoms with Gasteiger partial charge in [-0.25, -0.2) is 0 Å². The highest BCUT2D eigenvalue weighted by atomic mass is 32.2. The second-order valence-corrected chi connectivity index (χ2v) is 5.03. The van der Waals surface area contributed by atoms with E-state index in [1.54, 1.807) is 12.1 Å². The van der Waals surface area contributed by atoms with Crippen LogP contribution in [0, 0.1) is 6.92 Å². The van der Waals surface area contributed by atoms with Crippen LogP contribution < -0.4 is 0 Å². The van der Waals surface area contributed by atoms with Crippen LogP contribution in [0.15, 0.2) is 29.2 Å². The average molecular weight is 308 g/mol. The molecule has 8 heteroatoms. The lowest BCUT2D eigenvalue weighted by Gasteiger charge is -2.25. The summed E-state index contributed by atoms with van der Waals surface area (Å²) in [4.78, 5) is -0.0666. The molecule has 0 aliphatic rings. The van der Waals surface area contributed by atoms with Gasteiger partial charge in [-0.2, -0.15) is 8.42 Å². The summed E-state index contributed by atoms with van der Waals surface area (Å²) >= 11 is 0. The number of aryl methyl sites for hydroxylation is 1. The molecule has 0 saturated carbocycles. The van der Waals surface area contributed by atoms with Crippen LogP contribution in [0.2, 0.25) is 0 Å². The monoisotopic (exact) mass is 308 g/mol. The van der Waals surface area contributed by atoms with Crippen LogP contribution in [0.3, 0.4) is 0 Å². The molecular weight excluding hydrogens is 288 g/mol. The van der Waals surface area contributed by atoms with Gasteiger partial charge < -0.3 is 18.9 Å². The minimum atomic E-state index is -4.02. The number of methoxy groups -OCH3 is 4. The van der Waals surface area contributed by atoms with Gasteiger partial charge >= 0.3 is 6.16 Å². The van der Waals surface area contributed by atoms with Crippen molar-refractivity contribution in [1.82, 2.24) is 0 Å². The lowest BCUT2D eigenvalue weighted by molar-refractivity contribution is -0.472. The molecule has 1 N–H and O–H groups in total. The first kappa shape index (κ1) is 19.0. The molecule has 0 aromatic heterocycles. The van der Waals surface area contributed by atoms with Gasteiger partial charge in [0, 0.05) is 28.4 Å². The number of hydrogen-bond acceptors (Lipinski definition) is 6. The Balaban J connectivity index is 0.000000370. The van der Waals surface area contributed by atoms with Crippen molar-refractivity contribution in [3.05, 3.63) is 29.8 Å². The fourth-order valence-electron chi connectivity index (χ4n) is 1.21. The summed E-state index contributed by atoms with van der Waals surface area (Å²) in [5.74, 6) is 0. The summed E-state index contributed by atoms with van der Waals surface area (Å²) in [5, 5.41) is 0. The molecule has 0 aliphatic heterocycles. The van der Waals surface area contributed by atoms with Gasteiger partial charge in [0.2, 0.25) is 0 Å². The van der Waals surface area contributed by atoms with E-state index in [1.165, 1.54) is 40.6 Å². The molecule has 0 radical (unpaired) electrons. The van der Waals surface area contributed by atoms with Gasteiger partial charge in [-0.05, 0) is 19.1 Å². The summed E-state index contributed by atoms with van der Waals surface area (Å²) in [6.07, 6.45) is -1.33. The van der Waals surface area contributed by atoms with E-state index >= 15 is 0 Å². The van der Waals surface area contributed by atoms with Gasteiger partial charge in [0.05, 0.1) is 4.90 Å². The molecule has 1 aromatic carbocycles. The molecule has 0 fully saturated rings. The van der Waals surface area contributed by atoms with E-state index in [1.807, 2.05) is 6.92 Å². The molecule has 0 unspecified atom stereocenters. The van der Waals surface area contributed by atoms with E-state index in [9.17, 15) is 8.42 Å². The van der Waals surface area contributed by atoms with Crippen molar-refractivity contribution in [2.24, 2.45) is 0 Å².